The van der Waals surface area contributed by atoms with E-state index in [1.807, 2.05) is 30.3 Å². The smallest absolute Gasteiger partial charge is 0.317 e. The van der Waals surface area contributed by atoms with Crippen molar-refractivity contribution in [1.82, 2.24) is 15.1 Å². The molecule has 0 saturated carbocycles. The van der Waals surface area contributed by atoms with Gasteiger partial charge in [-0.05, 0) is 5.56 Å². The topological polar surface area (TPSA) is 52.7 Å². The molecule has 0 unspecified atom stereocenters. The summed E-state index contributed by atoms with van der Waals surface area (Å²) in [7, 11) is 4.93. The number of rotatable bonds is 4. The lowest BCUT2D eigenvalue weighted by atomic mass is 10.2. The highest BCUT2D eigenvalue weighted by Crippen LogP contribution is 1.98. The molecule has 3 amide bonds. The monoisotopic (exact) mass is 249 g/mol. The molecule has 0 spiro atoms. The van der Waals surface area contributed by atoms with Gasteiger partial charge in [0.25, 0.3) is 0 Å². The van der Waals surface area contributed by atoms with Crippen LogP contribution in [0.5, 0.6) is 0 Å². The Bertz CT molecular complexity index is 404. The minimum Gasteiger partial charge on any atom is -0.347 e. The molecule has 98 valence electrons. The minimum absolute atomic E-state index is 0.0770. The maximum atomic E-state index is 11.7. The summed E-state index contributed by atoms with van der Waals surface area (Å²) in [4.78, 5) is 26.0. The van der Waals surface area contributed by atoms with Crippen LogP contribution in [0.1, 0.15) is 5.56 Å². The Labute approximate surface area is 107 Å². The van der Waals surface area contributed by atoms with Gasteiger partial charge in [0.1, 0.15) is 6.54 Å². The van der Waals surface area contributed by atoms with Crippen molar-refractivity contribution in [2.75, 3.05) is 27.7 Å². The third-order valence-electron chi connectivity index (χ3n) is 2.50. The highest BCUT2D eigenvalue weighted by molar-refractivity contribution is 5.83. The summed E-state index contributed by atoms with van der Waals surface area (Å²) >= 11 is 0. The van der Waals surface area contributed by atoms with E-state index in [4.69, 9.17) is 0 Å². The highest BCUT2D eigenvalue weighted by Gasteiger charge is 2.13. The number of nitrogens with zero attached hydrogens (tertiary/aromatic N) is 2. The molecule has 0 heterocycles. The number of benzene rings is 1. The number of urea groups is 1. The lowest BCUT2D eigenvalue weighted by Gasteiger charge is -2.19. The maximum absolute atomic E-state index is 11.7. The first-order valence-electron chi connectivity index (χ1n) is 5.73. The predicted molar refractivity (Wildman–Crippen MR) is 70.0 cm³/mol. The molecule has 5 heteroatoms. The molecule has 1 rings (SSSR count). The van der Waals surface area contributed by atoms with Gasteiger partial charge < -0.3 is 15.1 Å². The molecule has 0 bridgehead atoms. The van der Waals surface area contributed by atoms with Gasteiger partial charge in [0.2, 0.25) is 5.91 Å². The van der Waals surface area contributed by atoms with Crippen LogP contribution in [0.4, 0.5) is 4.79 Å². The van der Waals surface area contributed by atoms with E-state index in [1.54, 1.807) is 21.1 Å². The van der Waals surface area contributed by atoms with Crippen molar-refractivity contribution in [2.24, 2.45) is 0 Å². The second-order valence-electron chi connectivity index (χ2n) is 4.29. The van der Waals surface area contributed by atoms with Crippen molar-refractivity contribution in [3.63, 3.8) is 0 Å². The molecule has 0 aliphatic carbocycles. The van der Waals surface area contributed by atoms with Crippen LogP contribution in [-0.4, -0.2) is 49.4 Å². The number of amides is 3. The van der Waals surface area contributed by atoms with Crippen molar-refractivity contribution in [2.45, 2.75) is 6.54 Å². The SMILES string of the molecule is CN(C)C(=O)CN(C)C(=O)NCc1ccccc1. The molecule has 0 fully saturated rings. The molecule has 0 radical (unpaired) electrons. The molecule has 18 heavy (non-hydrogen) atoms. The molecular weight excluding hydrogens is 230 g/mol. The zero-order valence-electron chi connectivity index (χ0n) is 11.0. The van der Waals surface area contributed by atoms with E-state index in [9.17, 15) is 9.59 Å². The molecule has 0 atom stereocenters. The number of carbonyl (C=O) groups excluding carboxylic acids is 2. The number of carbonyl (C=O) groups is 2. The summed E-state index contributed by atoms with van der Waals surface area (Å²) < 4.78 is 0. The predicted octanol–water partition coefficient (Wildman–Crippen LogP) is 0.916. The number of nitrogens with one attached hydrogen (secondary N) is 1. The molecule has 1 aromatic carbocycles. The van der Waals surface area contributed by atoms with Crippen molar-refractivity contribution >= 4 is 11.9 Å². The molecule has 5 nitrogen and oxygen atoms in total. The summed E-state index contributed by atoms with van der Waals surface area (Å²) in [6.07, 6.45) is 0. The number of hydrogen-bond donors (Lipinski definition) is 1. The van der Waals surface area contributed by atoms with Gasteiger partial charge in [-0.25, -0.2) is 4.79 Å². The normalized spacial score (nSPS) is 9.72. The zero-order valence-corrected chi connectivity index (χ0v) is 11.0. The van der Waals surface area contributed by atoms with Crippen molar-refractivity contribution < 1.29 is 9.59 Å². The van der Waals surface area contributed by atoms with E-state index in [1.165, 1.54) is 9.80 Å². The van der Waals surface area contributed by atoms with Crippen LogP contribution in [-0.2, 0) is 11.3 Å². The molecule has 0 saturated heterocycles. The summed E-state index contributed by atoms with van der Waals surface area (Å²) in [6, 6.07) is 9.37. The van der Waals surface area contributed by atoms with Gasteiger partial charge in [-0.1, -0.05) is 30.3 Å². The Hall–Kier alpha value is -2.04. The highest BCUT2D eigenvalue weighted by atomic mass is 16.2. The fourth-order valence-corrected chi connectivity index (χ4v) is 1.32. The second-order valence-corrected chi connectivity index (χ2v) is 4.29. The number of hydrogen-bond acceptors (Lipinski definition) is 2. The van der Waals surface area contributed by atoms with Gasteiger partial charge >= 0.3 is 6.03 Å². The molecule has 1 aromatic rings. The van der Waals surface area contributed by atoms with Crippen LogP contribution in [0.2, 0.25) is 0 Å². The lowest BCUT2D eigenvalue weighted by Crippen LogP contribution is -2.42. The standard InChI is InChI=1S/C13H19N3O2/c1-15(2)12(17)10-16(3)13(18)14-9-11-7-5-4-6-8-11/h4-8H,9-10H2,1-3H3,(H,14,18). The largest absolute Gasteiger partial charge is 0.347 e. The van der Waals surface area contributed by atoms with Gasteiger partial charge in [0.15, 0.2) is 0 Å². The molecular formula is C13H19N3O2. The van der Waals surface area contributed by atoms with Gasteiger partial charge in [-0.15, -0.1) is 0 Å². The van der Waals surface area contributed by atoms with Gasteiger partial charge in [-0.3, -0.25) is 4.79 Å². The first kappa shape index (κ1) is 14.0. The van der Waals surface area contributed by atoms with E-state index in [-0.39, 0.29) is 18.5 Å². The summed E-state index contributed by atoms with van der Waals surface area (Å²) in [5.74, 6) is -0.104. The average Bonchev–Trinajstić information content (AvgIpc) is 2.36. The van der Waals surface area contributed by atoms with Crippen LogP contribution in [0.3, 0.4) is 0 Å². The first-order valence-corrected chi connectivity index (χ1v) is 5.73. The molecule has 0 aromatic heterocycles. The van der Waals surface area contributed by atoms with Crippen molar-refractivity contribution in [3.8, 4) is 0 Å². The summed E-state index contributed by atoms with van der Waals surface area (Å²) in [6.45, 7) is 0.536. The van der Waals surface area contributed by atoms with Crippen LogP contribution < -0.4 is 5.32 Å². The van der Waals surface area contributed by atoms with Gasteiger partial charge in [-0.2, -0.15) is 0 Å². The quantitative estimate of drug-likeness (QED) is 0.862. The zero-order chi connectivity index (χ0) is 13.5. The Kier molecular flexibility index (Phi) is 5.17. The third-order valence-corrected chi connectivity index (χ3v) is 2.50. The van der Waals surface area contributed by atoms with E-state index in [2.05, 4.69) is 5.32 Å². The second kappa shape index (κ2) is 6.64. The van der Waals surface area contributed by atoms with Crippen LogP contribution in [0.15, 0.2) is 30.3 Å². The maximum Gasteiger partial charge on any atom is 0.317 e. The number of likely N-dealkylation sites (N-methyl/N-ethyl adjacent to an activating group) is 2. The van der Waals surface area contributed by atoms with Crippen molar-refractivity contribution in [1.29, 1.82) is 0 Å². The minimum atomic E-state index is -0.256. The van der Waals surface area contributed by atoms with Crippen LogP contribution in [0, 0.1) is 0 Å². The Morgan fingerprint density at radius 3 is 2.28 bits per heavy atom. The van der Waals surface area contributed by atoms with E-state index in [0.29, 0.717) is 6.54 Å². The average molecular weight is 249 g/mol. The van der Waals surface area contributed by atoms with Gasteiger partial charge in [0.05, 0.1) is 0 Å². The fraction of sp³-hybridized carbons (Fsp3) is 0.385. The van der Waals surface area contributed by atoms with E-state index in [0.717, 1.165) is 5.56 Å². The molecule has 0 aliphatic heterocycles. The molecule has 1 N–H and O–H groups in total. The Balaban J connectivity index is 2.39. The van der Waals surface area contributed by atoms with Crippen molar-refractivity contribution in [3.05, 3.63) is 35.9 Å². The summed E-state index contributed by atoms with van der Waals surface area (Å²) in [5.41, 5.74) is 1.03. The van der Waals surface area contributed by atoms with Crippen LogP contribution in [0.25, 0.3) is 0 Å². The Morgan fingerprint density at radius 1 is 1.11 bits per heavy atom. The lowest BCUT2D eigenvalue weighted by molar-refractivity contribution is -0.129. The van der Waals surface area contributed by atoms with E-state index >= 15 is 0 Å². The first-order chi connectivity index (χ1) is 8.50. The van der Waals surface area contributed by atoms with Gasteiger partial charge in [0, 0.05) is 27.7 Å². The third kappa shape index (κ3) is 4.45. The summed E-state index contributed by atoms with van der Waals surface area (Å²) in [5, 5.41) is 2.76. The Morgan fingerprint density at radius 2 is 1.72 bits per heavy atom. The van der Waals surface area contributed by atoms with Crippen LogP contribution >= 0.6 is 0 Å². The molecule has 0 aliphatic rings. The fourth-order valence-electron chi connectivity index (χ4n) is 1.32. The van der Waals surface area contributed by atoms with E-state index < -0.39 is 0 Å².